The molecule has 0 saturated heterocycles. The van der Waals surface area contributed by atoms with E-state index in [1.54, 1.807) is 6.07 Å². The summed E-state index contributed by atoms with van der Waals surface area (Å²) >= 11 is 3.21. The Hall–Kier alpha value is -0.450. The first-order valence-electron chi connectivity index (χ1n) is 3.46. The lowest BCUT2D eigenvalue weighted by Crippen LogP contribution is -2.15. The fourth-order valence-corrected chi connectivity index (χ4v) is 1.44. The van der Waals surface area contributed by atoms with E-state index in [1.807, 2.05) is 0 Å². The number of aliphatic hydroxyl groups excluding tert-OH is 1. The minimum Gasteiger partial charge on any atom is -0.394 e. The molecule has 1 aromatic carbocycles. The first-order chi connectivity index (χ1) is 5.65. The van der Waals surface area contributed by atoms with Crippen molar-refractivity contribution in [3.63, 3.8) is 0 Å². The summed E-state index contributed by atoms with van der Waals surface area (Å²) in [6.07, 6.45) is 0. The van der Waals surface area contributed by atoms with E-state index in [9.17, 15) is 4.39 Å². The quantitative estimate of drug-likeness (QED) is 0.815. The molecule has 0 bridgehead atoms. The number of halogens is 2. The van der Waals surface area contributed by atoms with Crippen molar-refractivity contribution in [1.29, 1.82) is 0 Å². The lowest BCUT2D eigenvalue weighted by molar-refractivity contribution is 0.267. The Kier molecular flexibility index (Phi) is 3.20. The zero-order chi connectivity index (χ0) is 9.14. The van der Waals surface area contributed by atoms with Gasteiger partial charge in [0.25, 0.3) is 0 Å². The van der Waals surface area contributed by atoms with Crippen molar-refractivity contribution in [2.75, 3.05) is 6.61 Å². The molecular weight excluding hydrogens is 225 g/mol. The molecule has 0 heterocycles. The molecule has 0 fully saturated rings. The van der Waals surface area contributed by atoms with Crippen LogP contribution in [0.2, 0.25) is 0 Å². The maximum absolute atomic E-state index is 12.7. The largest absolute Gasteiger partial charge is 0.394 e. The van der Waals surface area contributed by atoms with Crippen molar-refractivity contribution in [2.45, 2.75) is 6.04 Å². The van der Waals surface area contributed by atoms with Crippen molar-refractivity contribution in [1.82, 2.24) is 0 Å². The van der Waals surface area contributed by atoms with Gasteiger partial charge in [-0.25, -0.2) is 4.39 Å². The molecule has 0 amide bonds. The van der Waals surface area contributed by atoms with Crippen LogP contribution in [-0.2, 0) is 0 Å². The summed E-state index contributed by atoms with van der Waals surface area (Å²) in [7, 11) is 0. The maximum atomic E-state index is 12.7. The smallest absolute Gasteiger partial charge is 0.123 e. The molecule has 0 aliphatic carbocycles. The van der Waals surface area contributed by atoms with Gasteiger partial charge in [0.15, 0.2) is 0 Å². The van der Waals surface area contributed by atoms with E-state index in [0.717, 1.165) is 0 Å². The van der Waals surface area contributed by atoms with Crippen LogP contribution in [0.15, 0.2) is 22.7 Å². The normalized spacial score (nSPS) is 13.0. The molecule has 0 aromatic heterocycles. The van der Waals surface area contributed by atoms with Crippen molar-refractivity contribution in [3.05, 3.63) is 34.1 Å². The van der Waals surface area contributed by atoms with E-state index in [2.05, 4.69) is 15.9 Å². The Morgan fingerprint density at radius 1 is 1.58 bits per heavy atom. The van der Waals surface area contributed by atoms with Gasteiger partial charge in [-0.2, -0.15) is 0 Å². The summed E-state index contributed by atoms with van der Waals surface area (Å²) in [6, 6.07) is 3.68. The van der Waals surface area contributed by atoms with Gasteiger partial charge in [0.05, 0.1) is 12.6 Å². The fraction of sp³-hybridized carbons (Fsp3) is 0.250. The molecule has 0 radical (unpaired) electrons. The second-order valence-corrected chi connectivity index (χ2v) is 3.31. The van der Waals surface area contributed by atoms with Crippen LogP contribution in [0.1, 0.15) is 11.6 Å². The molecular formula is C8H9BrFNO. The van der Waals surface area contributed by atoms with E-state index < -0.39 is 6.04 Å². The van der Waals surface area contributed by atoms with Gasteiger partial charge in [0, 0.05) is 4.47 Å². The molecule has 1 rings (SSSR count). The topological polar surface area (TPSA) is 46.2 Å². The average Bonchev–Trinajstić information content (AvgIpc) is 2.08. The predicted molar refractivity (Wildman–Crippen MR) is 48.1 cm³/mol. The molecule has 3 N–H and O–H groups in total. The van der Waals surface area contributed by atoms with Crippen molar-refractivity contribution in [2.24, 2.45) is 5.73 Å². The third-order valence-corrected chi connectivity index (χ3v) is 2.28. The number of nitrogens with two attached hydrogens (primary N) is 1. The minimum atomic E-state index is -0.532. The Bertz CT molecular complexity index is 280. The number of aliphatic hydroxyl groups is 1. The van der Waals surface area contributed by atoms with E-state index in [4.69, 9.17) is 10.8 Å². The average molecular weight is 234 g/mol. The van der Waals surface area contributed by atoms with Crippen molar-refractivity contribution >= 4 is 15.9 Å². The van der Waals surface area contributed by atoms with Crippen LogP contribution in [0.25, 0.3) is 0 Å². The zero-order valence-electron chi connectivity index (χ0n) is 6.30. The van der Waals surface area contributed by atoms with E-state index >= 15 is 0 Å². The van der Waals surface area contributed by atoms with Gasteiger partial charge < -0.3 is 10.8 Å². The molecule has 0 unspecified atom stereocenters. The highest BCUT2D eigenvalue weighted by atomic mass is 79.9. The fourth-order valence-electron chi connectivity index (χ4n) is 0.897. The third kappa shape index (κ3) is 2.03. The second kappa shape index (κ2) is 3.98. The number of rotatable bonds is 2. The summed E-state index contributed by atoms with van der Waals surface area (Å²) in [6.45, 7) is -0.192. The summed E-state index contributed by atoms with van der Waals surface area (Å²) < 4.78 is 13.4. The molecule has 0 aliphatic heterocycles. The summed E-state index contributed by atoms with van der Waals surface area (Å²) in [5.74, 6) is -0.350. The Morgan fingerprint density at radius 3 is 2.83 bits per heavy atom. The van der Waals surface area contributed by atoms with Gasteiger partial charge in [-0.15, -0.1) is 0 Å². The van der Waals surface area contributed by atoms with Gasteiger partial charge in [-0.3, -0.25) is 0 Å². The SMILES string of the molecule is N[C@H](CO)c1cc(F)ccc1Br. The van der Waals surface area contributed by atoms with Gasteiger partial charge >= 0.3 is 0 Å². The van der Waals surface area contributed by atoms with E-state index in [1.165, 1.54) is 12.1 Å². The van der Waals surface area contributed by atoms with E-state index in [0.29, 0.717) is 10.0 Å². The molecule has 1 aromatic rings. The first-order valence-corrected chi connectivity index (χ1v) is 4.26. The highest BCUT2D eigenvalue weighted by Gasteiger charge is 2.08. The Balaban J connectivity index is 3.04. The second-order valence-electron chi connectivity index (χ2n) is 2.45. The molecule has 0 spiro atoms. The summed E-state index contributed by atoms with van der Waals surface area (Å²) in [5.41, 5.74) is 6.10. The minimum absolute atomic E-state index is 0.192. The van der Waals surface area contributed by atoms with Gasteiger partial charge in [-0.1, -0.05) is 15.9 Å². The zero-order valence-corrected chi connectivity index (χ0v) is 7.88. The van der Waals surface area contributed by atoms with Crippen molar-refractivity contribution in [3.8, 4) is 0 Å². The Labute approximate surface area is 78.3 Å². The lowest BCUT2D eigenvalue weighted by atomic mass is 10.1. The molecule has 2 nitrogen and oxygen atoms in total. The van der Waals surface area contributed by atoms with Crippen LogP contribution in [0, 0.1) is 5.82 Å². The van der Waals surface area contributed by atoms with Crippen LogP contribution >= 0.6 is 15.9 Å². The van der Waals surface area contributed by atoms with Crippen LogP contribution < -0.4 is 5.73 Å². The van der Waals surface area contributed by atoms with E-state index in [-0.39, 0.29) is 12.4 Å². The summed E-state index contributed by atoms with van der Waals surface area (Å²) in [4.78, 5) is 0. The van der Waals surface area contributed by atoms with Crippen LogP contribution in [0.3, 0.4) is 0 Å². The lowest BCUT2D eigenvalue weighted by Gasteiger charge is -2.10. The van der Waals surface area contributed by atoms with Crippen LogP contribution in [-0.4, -0.2) is 11.7 Å². The van der Waals surface area contributed by atoms with Gasteiger partial charge in [0.1, 0.15) is 5.82 Å². The summed E-state index contributed by atoms with van der Waals surface area (Å²) in [5, 5.41) is 8.74. The highest BCUT2D eigenvalue weighted by molar-refractivity contribution is 9.10. The number of hydrogen-bond acceptors (Lipinski definition) is 2. The highest BCUT2D eigenvalue weighted by Crippen LogP contribution is 2.22. The maximum Gasteiger partial charge on any atom is 0.123 e. The van der Waals surface area contributed by atoms with Crippen LogP contribution in [0.5, 0.6) is 0 Å². The molecule has 1 atom stereocenters. The first kappa shape index (κ1) is 9.64. The van der Waals surface area contributed by atoms with Gasteiger partial charge in [0.2, 0.25) is 0 Å². The number of hydrogen-bond donors (Lipinski definition) is 2. The predicted octanol–water partition coefficient (Wildman–Crippen LogP) is 1.58. The number of benzene rings is 1. The molecule has 0 aliphatic rings. The van der Waals surface area contributed by atoms with Crippen LogP contribution in [0.4, 0.5) is 4.39 Å². The molecule has 0 saturated carbocycles. The monoisotopic (exact) mass is 233 g/mol. The standard InChI is InChI=1S/C8H9BrFNO/c9-7-2-1-5(10)3-6(7)8(11)4-12/h1-3,8,12H,4,11H2/t8-/m1/s1. The molecule has 66 valence electrons. The Morgan fingerprint density at radius 2 is 2.25 bits per heavy atom. The molecule has 12 heavy (non-hydrogen) atoms. The third-order valence-electron chi connectivity index (χ3n) is 1.55. The van der Waals surface area contributed by atoms with Crippen molar-refractivity contribution < 1.29 is 9.50 Å². The van der Waals surface area contributed by atoms with Gasteiger partial charge in [-0.05, 0) is 23.8 Å². The molecule has 4 heteroatoms.